The van der Waals surface area contributed by atoms with Gasteiger partial charge in [0.2, 0.25) is 0 Å². The van der Waals surface area contributed by atoms with Gasteiger partial charge in [0, 0.05) is 12.1 Å². The van der Waals surface area contributed by atoms with Crippen LogP contribution in [0.3, 0.4) is 0 Å². The Morgan fingerprint density at radius 3 is 2.53 bits per heavy atom. The average molecular weight is 263 g/mol. The number of amides is 1. The number of hydrogen-bond donors (Lipinski definition) is 2. The Labute approximate surface area is 113 Å². The molecular weight excluding hydrogens is 242 g/mol. The molecule has 2 N–H and O–H groups in total. The topological polar surface area (TPSA) is 58.6 Å². The molecule has 1 saturated carbocycles. The number of carbonyl (C=O) groups excluding carboxylic acids is 1. The molecule has 4 nitrogen and oxygen atoms in total. The minimum absolute atomic E-state index is 0.150. The van der Waals surface area contributed by atoms with Gasteiger partial charge in [0.25, 0.3) is 5.91 Å². The molecule has 0 unspecified atom stereocenters. The van der Waals surface area contributed by atoms with Crippen LogP contribution in [0, 0.1) is 0 Å². The number of carbonyl (C=O) groups is 1. The molecular formula is C15H21NO3. The molecule has 104 valence electrons. The lowest BCUT2D eigenvalue weighted by Gasteiger charge is -2.22. The van der Waals surface area contributed by atoms with Gasteiger partial charge in [-0.05, 0) is 44.0 Å². The minimum atomic E-state index is -0.707. The maximum atomic E-state index is 11.9. The lowest BCUT2D eigenvalue weighted by molar-refractivity contribution is 0.0449. The molecule has 4 heteroatoms. The minimum Gasteiger partial charge on any atom is -0.494 e. The van der Waals surface area contributed by atoms with Crippen LogP contribution < -0.4 is 10.1 Å². The monoisotopic (exact) mass is 263 g/mol. The van der Waals surface area contributed by atoms with Crippen LogP contribution in [0.1, 0.15) is 43.0 Å². The zero-order valence-corrected chi connectivity index (χ0v) is 11.3. The van der Waals surface area contributed by atoms with Crippen molar-refractivity contribution in [3.05, 3.63) is 29.8 Å². The van der Waals surface area contributed by atoms with Gasteiger partial charge in [-0.3, -0.25) is 4.79 Å². The van der Waals surface area contributed by atoms with Gasteiger partial charge in [0.15, 0.2) is 0 Å². The molecule has 0 heterocycles. The molecule has 1 fully saturated rings. The van der Waals surface area contributed by atoms with Crippen molar-refractivity contribution in [1.82, 2.24) is 5.32 Å². The predicted octanol–water partition coefficient (Wildman–Crippen LogP) is 2.12. The third-order valence-corrected chi connectivity index (χ3v) is 3.54. The Morgan fingerprint density at radius 2 is 1.95 bits per heavy atom. The number of nitrogens with one attached hydrogen (secondary N) is 1. The van der Waals surface area contributed by atoms with Crippen molar-refractivity contribution in [3.8, 4) is 5.75 Å². The first-order valence-corrected chi connectivity index (χ1v) is 6.86. The second-order valence-corrected chi connectivity index (χ2v) is 5.07. The van der Waals surface area contributed by atoms with Crippen molar-refractivity contribution in [2.75, 3.05) is 13.2 Å². The lowest BCUT2D eigenvalue weighted by Crippen LogP contribution is -2.40. The summed E-state index contributed by atoms with van der Waals surface area (Å²) in [7, 11) is 0. The van der Waals surface area contributed by atoms with Gasteiger partial charge >= 0.3 is 0 Å². The Hall–Kier alpha value is -1.55. The van der Waals surface area contributed by atoms with E-state index in [1.807, 2.05) is 6.92 Å². The van der Waals surface area contributed by atoms with E-state index in [2.05, 4.69) is 5.32 Å². The van der Waals surface area contributed by atoms with E-state index in [4.69, 9.17) is 4.74 Å². The molecule has 19 heavy (non-hydrogen) atoms. The highest BCUT2D eigenvalue weighted by molar-refractivity contribution is 5.94. The second kappa shape index (κ2) is 6.06. The van der Waals surface area contributed by atoms with E-state index in [0.717, 1.165) is 31.4 Å². The third-order valence-electron chi connectivity index (χ3n) is 3.54. The van der Waals surface area contributed by atoms with Crippen LogP contribution in [0.15, 0.2) is 24.3 Å². The van der Waals surface area contributed by atoms with Crippen LogP contribution in [-0.4, -0.2) is 29.8 Å². The zero-order valence-electron chi connectivity index (χ0n) is 11.3. The fourth-order valence-corrected chi connectivity index (χ4v) is 2.43. The van der Waals surface area contributed by atoms with Crippen molar-refractivity contribution < 1.29 is 14.6 Å². The molecule has 0 aromatic heterocycles. The molecule has 0 saturated heterocycles. The van der Waals surface area contributed by atoms with E-state index in [1.165, 1.54) is 0 Å². The molecule has 1 amide bonds. The smallest absolute Gasteiger partial charge is 0.251 e. The number of hydrogen-bond acceptors (Lipinski definition) is 3. The molecule has 1 aromatic carbocycles. The molecule has 0 aliphatic heterocycles. The van der Waals surface area contributed by atoms with Crippen molar-refractivity contribution in [3.63, 3.8) is 0 Å². The summed E-state index contributed by atoms with van der Waals surface area (Å²) in [6.07, 6.45) is 3.62. The van der Waals surface area contributed by atoms with Crippen LogP contribution in [0.2, 0.25) is 0 Å². The Bertz CT molecular complexity index is 422. The van der Waals surface area contributed by atoms with Crippen molar-refractivity contribution in [1.29, 1.82) is 0 Å². The Morgan fingerprint density at radius 1 is 1.32 bits per heavy atom. The lowest BCUT2D eigenvalue weighted by atomic mass is 10.0. The largest absolute Gasteiger partial charge is 0.494 e. The molecule has 0 bridgehead atoms. The van der Waals surface area contributed by atoms with E-state index < -0.39 is 5.60 Å². The molecule has 1 aliphatic rings. The predicted molar refractivity (Wildman–Crippen MR) is 73.4 cm³/mol. The maximum Gasteiger partial charge on any atom is 0.251 e. The van der Waals surface area contributed by atoms with Crippen LogP contribution in [0.4, 0.5) is 0 Å². The standard InChI is InChI=1S/C15H21NO3/c1-2-19-13-7-5-12(6-8-13)14(17)16-11-15(18)9-3-4-10-15/h5-8,18H,2-4,9-11H2,1H3,(H,16,17). The molecule has 1 aromatic rings. The van der Waals surface area contributed by atoms with Crippen LogP contribution in [-0.2, 0) is 0 Å². The van der Waals surface area contributed by atoms with Crippen molar-refractivity contribution >= 4 is 5.91 Å². The number of aliphatic hydroxyl groups is 1. The number of ether oxygens (including phenoxy) is 1. The highest BCUT2D eigenvalue weighted by Crippen LogP contribution is 2.28. The summed E-state index contributed by atoms with van der Waals surface area (Å²) in [5.74, 6) is 0.608. The summed E-state index contributed by atoms with van der Waals surface area (Å²) >= 11 is 0. The molecule has 0 atom stereocenters. The van der Waals surface area contributed by atoms with Gasteiger partial charge in [0.1, 0.15) is 5.75 Å². The number of benzene rings is 1. The molecule has 0 spiro atoms. The first kappa shape index (κ1) is 13.9. The molecule has 1 aliphatic carbocycles. The van der Waals surface area contributed by atoms with Crippen LogP contribution >= 0.6 is 0 Å². The summed E-state index contributed by atoms with van der Waals surface area (Å²) in [6, 6.07) is 7.03. The van der Waals surface area contributed by atoms with Crippen molar-refractivity contribution in [2.45, 2.75) is 38.2 Å². The van der Waals surface area contributed by atoms with Gasteiger partial charge in [0.05, 0.1) is 12.2 Å². The van der Waals surface area contributed by atoms with E-state index >= 15 is 0 Å². The van der Waals surface area contributed by atoms with Gasteiger partial charge in [-0.15, -0.1) is 0 Å². The molecule has 0 radical (unpaired) electrons. The summed E-state index contributed by atoms with van der Waals surface area (Å²) < 4.78 is 5.33. The Kier molecular flexibility index (Phi) is 4.43. The van der Waals surface area contributed by atoms with Crippen LogP contribution in [0.25, 0.3) is 0 Å². The normalized spacial score (nSPS) is 17.2. The quantitative estimate of drug-likeness (QED) is 0.855. The summed E-state index contributed by atoms with van der Waals surface area (Å²) in [5, 5.41) is 13.0. The zero-order chi connectivity index (χ0) is 13.7. The van der Waals surface area contributed by atoms with E-state index in [0.29, 0.717) is 18.7 Å². The SMILES string of the molecule is CCOc1ccc(C(=O)NCC2(O)CCCC2)cc1. The van der Waals surface area contributed by atoms with E-state index in [-0.39, 0.29) is 5.91 Å². The van der Waals surface area contributed by atoms with Gasteiger partial charge < -0.3 is 15.2 Å². The average Bonchev–Trinajstić information content (AvgIpc) is 2.85. The van der Waals surface area contributed by atoms with Gasteiger partial charge in [-0.2, -0.15) is 0 Å². The second-order valence-electron chi connectivity index (χ2n) is 5.07. The van der Waals surface area contributed by atoms with Gasteiger partial charge in [-0.25, -0.2) is 0 Å². The maximum absolute atomic E-state index is 11.9. The fourth-order valence-electron chi connectivity index (χ4n) is 2.43. The number of rotatable bonds is 5. The van der Waals surface area contributed by atoms with E-state index in [1.54, 1.807) is 24.3 Å². The highest BCUT2D eigenvalue weighted by atomic mass is 16.5. The summed E-state index contributed by atoms with van der Waals surface area (Å²) in [5.41, 5.74) is -0.119. The van der Waals surface area contributed by atoms with E-state index in [9.17, 15) is 9.90 Å². The third kappa shape index (κ3) is 3.70. The fraction of sp³-hybridized carbons (Fsp3) is 0.533. The summed E-state index contributed by atoms with van der Waals surface area (Å²) in [6.45, 7) is 2.86. The van der Waals surface area contributed by atoms with Gasteiger partial charge in [-0.1, -0.05) is 12.8 Å². The first-order chi connectivity index (χ1) is 9.13. The van der Waals surface area contributed by atoms with Crippen molar-refractivity contribution in [2.24, 2.45) is 0 Å². The van der Waals surface area contributed by atoms with Crippen LogP contribution in [0.5, 0.6) is 5.75 Å². The summed E-state index contributed by atoms with van der Waals surface area (Å²) in [4.78, 5) is 11.9. The molecule has 2 rings (SSSR count). The highest BCUT2D eigenvalue weighted by Gasteiger charge is 2.31. The Balaban J connectivity index is 1.88. The first-order valence-electron chi connectivity index (χ1n) is 6.86.